The van der Waals surface area contributed by atoms with Crippen molar-refractivity contribution in [1.82, 2.24) is 25.4 Å². The molecule has 4 aromatic rings. The van der Waals surface area contributed by atoms with Crippen molar-refractivity contribution in [2.24, 2.45) is 0 Å². The second-order valence-electron chi connectivity index (χ2n) is 7.80. The van der Waals surface area contributed by atoms with Crippen molar-refractivity contribution in [3.8, 4) is 11.4 Å². The number of anilines is 2. The Hall–Kier alpha value is -3.90. The van der Waals surface area contributed by atoms with E-state index in [1.54, 1.807) is 20.0 Å². The molecule has 1 amide bonds. The molecule has 0 spiro atoms. The molecule has 1 aromatic carbocycles. The Morgan fingerprint density at radius 2 is 1.94 bits per heavy atom. The smallest absolute Gasteiger partial charge is 0.347 e. The number of hydrogen-bond donors (Lipinski definition) is 4. The van der Waals surface area contributed by atoms with Crippen molar-refractivity contribution in [3.05, 3.63) is 46.9 Å². The third-order valence-corrected chi connectivity index (χ3v) is 5.99. The van der Waals surface area contributed by atoms with Crippen molar-refractivity contribution in [3.63, 3.8) is 0 Å². The zero-order chi connectivity index (χ0) is 26.1. The number of pyridine rings is 1. The highest BCUT2D eigenvalue weighted by Crippen LogP contribution is 2.27. The van der Waals surface area contributed by atoms with Gasteiger partial charge in [0.25, 0.3) is 0 Å². The maximum atomic E-state index is 12.2. The SMILES string of the molecule is CCCNC.Cc1nc(-c2ccc3ccnc(NCCC(=O)Nc4nc(C)c(C(=O)O)s4)c3c2)no1. The molecule has 12 heteroatoms. The Morgan fingerprint density at radius 1 is 1.14 bits per heavy atom. The molecule has 3 aromatic heterocycles. The Kier molecular flexibility index (Phi) is 9.42. The molecule has 0 aliphatic heterocycles. The molecule has 0 unspecified atom stereocenters. The number of thiazole rings is 1. The minimum atomic E-state index is -1.06. The molecule has 11 nitrogen and oxygen atoms in total. The third-order valence-electron chi connectivity index (χ3n) is 4.93. The highest BCUT2D eigenvalue weighted by molar-refractivity contribution is 7.17. The van der Waals surface area contributed by atoms with E-state index in [1.807, 2.05) is 31.3 Å². The predicted molar refractivity (Wildman–Crippen MR) is 140 cm³/mol. The molecule has 4 rings (SSSR count). The van der Waals surface area contributed by atoms with Crippen LogP contribution in [0.15, 0.2) is 35.0 Å². The van der Waals surface area contributed by atoms with Gasteiger partial charge >= 0.3 is 5.97 Å². The summed E-state index contributed by atoms with van der Waals surface area (Å²) in [5, 5.41) is 24.0. The molecule has 0 fully saturated rings. The topological polar surface area (TPSA) is 155 Å². The summed E-state index contributed by atoms with van der Waals surface area (Å²) in [5.41, 5.74) is 1.17. The van der Waals surface area contributed by atoms with E-state index in [-0.39, 0.29) is 22.3 Å². The van der Waals surface area contributed by atoms with Crippen LogP contribution in [0.25, 0.3) is 22.2 Å². The molecular weight excluding hydrogens is 482 g/mol. The van der Waals surface area contributed by atoms with Gasteiger partial charge in [0.15, 0.2) is 5.13 Å². The number of aromatic carboxylic acids is 1. The molecule has 0 bridgehead atoms. The van der Waals surface area contributed by atoms with Crippen LogP contribution >= 0.6 is 11.3 Å². The van der Waals surface area contributed by atoms with Gasteiger partial charge in [-0.15, -0.1) is 0 Å². The maximum absolute atomic E-state index is 12.2. The molecule has 4 N–H and O–H groups in total. The monoisotopic (exact) mass is 511 g/mol. The molecule has 0 saturated heterocycles. The van der Waals surface area contributed by atoms with Crippen molar-refractivity contribution >= 4 is 44.9 Å². The number of nitrogens with zero attached hydrogens (tertiary/aromatic N) is 4. The molecule has 0 radical (unpaired) electrons. The normalized spacial score (nSPS) is 10.6. The highest BCUT2D eigenvalue weighted by Gasteiger charge is 2.15. The van der Waals surface area contributed by atoms with Crippen LogP contribution < -0.4 is 16.0 Å². The first kappa shape index (κ1) is 26.7. The Labute approximate surface area is 212 Å². The van der Waals surface area contributed by atoms with Gasteiger partial charge in [0.1, 0.15) is 10.7 Å². The number of aryl methyl sites for hydroxylation is 2. The number of amides is 1. The predicted octanol–water partition coefficient (Wildman–Crippen LogP) is 4.11. The molecule has 0 aliphatic carbocycles. The van der Waals surface area contributed by atoms with Gasteiger partial charge in [-0.2, -0.15) is 4.98 Å². The first-order valence-electron chi connectivity index (χ1n) is 11.4. The van der Waals surface area contributed by atoms with Crippen LogP contribution in [0, 0.1) is 13.8 Å². The lowest BCUT2D eigenvalue weighted by Crippen LogP contribution is -2.16. The summed E-state index contributed by atoms with van der Waals surface area (Å²) in [6, 6.07) is 7.66. The standard InChI is InChI=1S/C20H18N6O4S.C4H11N/c1-10-16(19(28)29)31-20(23-10)25-15(27)6-8-22-18-14-9-13(17-24-11(2)30-26-17)4-3-12(14)5-7-21-18;1-3-4-5-2/h3-5,7,9H,6,8H2,1-2H3,(H,21,22)(H,28,29)(H,23,25,27);5H,3-4H2,1-2H3. The number of nitrogens with one attached hydrogen (secondary N) is 3. The number of carboxylic acids is 1. The average Bonchev–Trinajstić information content (AvgIpc) is 3.45. The number of fused-ring (bicyclic) bond motifs is 1. The van der Waals surface area contributed by atoms with Gasteiger partial charge in [-0.25, -0.2) is 14.8 Å². The largest absolute Gasteiger partial charge is 0.477 e. The van der Waals surface area contributed by atoms with E-state index < -0.39 is 5.97 Å². The van der Waals surface area contributed by atoms with Gasteiger partial charge in [0, 0.05) is 37.0 Å². The Morgan fingerprint density at radius 3 is 2.56 bits per heavy atom. The number of carbonyl (C=O) groups excluding carboxylic acids is 1. The van der Waals surface area contributed by atoms with Gasteiger partial charge in [-0.05, 0) is 44.5 Å². The van der Waals surface area contributed by atoms with Gasteiger partial charge in [0.2, 0.25) is 17.6 Å². The Bertz CT molecular complexity index is 1330. The Balaban J connectivity index is 0.000000658. The van der Waals surface area contributed by atoms with E-state index in [0.717, 1.165) is 34.2 Å². The van der Waals surface area contributed by atoms with Crippen LogP contribution in [0.2, 0.25) is 0 Å². The lowest BCUT2D eigenvalue weighted by atomic mass is 10.1. The lowest BCUT2D eigenvalue weighted by molar-refractivity contribution is -0.115. The number of hydrogen-bond acceptors (Lipinski definition) is 10. The van der Waals surface area contributed by atoms with Crippen molar-refractivity contribution < 1.29 is 19.2 Å². The number of carboxylic acid groups (broad SMARTS) is 1. The molecular formula is C24H29N7O4S. The van der Waals surface area contributed by atoms with E-state index in [2.05, 4.69) is 43.0 Å². The van der Waals surface area contributed by atoms with E-state index in [1.165, 1.54) is 6.42 Å². The summed E-state index contributed by atoms with van der Waals surface area (Å²) in [5.74, 6) is 0.270. The zero-order valence-corrected chi connectivity index (χ0v) is 21.4. The molecule has 0 atom stereocenters. The second kappa shape index (κ2) is 12.7. The lowest BCUT2D eigenvalue weighted by Gasteiger charge is -2.09. The molecule has 3 heterocycles. The summed E-state index contributed by atoms with van der Waals surface area (Å²) in [6.45, 7) is 6.94. The number of benzene rings is 1. The summed E-state index contributed by atoms with van der Waals surface area (Å²) in [4.78, 5) is 36.1. The van der Waals surface area contributed by atoms with Crippen molar-refractivity contribution in [1.29, 1.82) is 0 Å². The van der Waals surface area contributed by atoms with E-state index >= 15 is 0 Å². The minimum Gasteiger partial charge on any atom is -0.477 e. The molecule has 0 aliphatic rings. The van der Waals surface area contributed by atoms with Crippen LogP contribution in [0.3, 0.4) is 0 Å². The second-order valence-corrected chi connectivity index (χ2v) is 8.80. The summed E-state index contributed by atoms with van der Waals surface area (Å²) < 4.78 is 5.05. The minimum absolute atomic E-state index is 0.112. The van der Waals surface area contributed by atoms with E-state index in [9.17, 15) is 9.59 Å². The van der Waals surface area contributed by atoms with Gasteiger partial charge in [-0.1, -0.05) is 35.5 Å². The van der Waals surface area contributed by atoms with Crippen LogP contribution in [-0.4, -0.2) is 57.2 Å². The molecule has 0 saturated carbocycles. The first-order chi connectivity index (χ1) is 17.3. The number of rotatable bonds is 9. The van der Waals surface area contributed by atoms with Gasteiger partial charge in [-0.3, -0.25) is 4.79 Å². The van der Waals surface area contributed by atoms with Crippen LogP contribution in [0.4, 0.5) is 10.9 Å². The highest BCUT2D eigenvalue weighted by atomic mass is 32.1. The van der Waals surface area contributed by atoms with E-state index in [4.69, 9.17) is 9.63 Å². The summed E-state index contributed by atoms with van der Waals surface area (Å²) >= 11 is 0.934. The van der Waals surface area contributed by atoms with Crippen LogP contribution in [0.1, 0.15) is 41.0 Å². The fourth-order valence-corrected chi connectivity index (χ4v) is 4.06. The number of carbonyl (C=O) groups is 2. The van der Waals surface area contributed by atoms with Crippen LogP contribution in [0.5, 0.6) is 0 Å². The molecule has 190 valence electrons. The van der Waals surface area contributed by atoms with Gasteiger partial charge < -0.3 is 25.6 Å². The fourth-order valence-electron chi connectivity index (χ4n) is 3.24. The quantitative estimate of drug-likeness (QED) is 0.258. The number of aromatic nitrogens is 4. The first-order valence-corrected chi connectivity index (χ1v) is 12.2. The van der Waals surface area contributed by atoms with Crippen LogP contribution in [-0.2, 0) is 4.79 Å². The summed E-state index contributed by atoms with van der Waals surface area (Å²) in [6.07, 6.45) is 3.08. The third kappa shape index (κ3) is 7.06. The maximum Gasteiger partial charge on any atom is 0.347 e. The van der Waals surface area contributed by atoms with Crippen molar-refractivity contribution in [2.45, 2.75) is 33.6 Å². The molecule has 36 heavy (non-hydrogen) atoms. The van der Waals surface area contributed by atoms with Crippen molar-refractivity contribution in [2.75, 3.05) is 30.8 Å². The fraction of sp³-hybridized carbons (Fsp3) is 0.333. The zero-order valence-electron chi connectivity index (χ0n) is 20.6. The van der Waals surface area contributed by atoms with E-state index in [0.29, 0.717) is 29.8 Å². The van der Waals surface area contributed by atoms with Gasteiger partial charge in [0.05, 0.1) is 5.69 Å². The summed E-state index contributed by atoms with van der Waals surface area (Å²) in [7, 11) is 1.96. The average molecular weight is 512 g/mol.